The zero-order valence-electron chi connectivity index (χ0n) is 17.3. The SMILES string of the molecule is COc1ccc(C(=O)C2CCN(Cc3c(C)nn(-c4ccccc4)c3Cl)CC2)cc1. The number of Topliss-reactive ketones (excluding diaryl/α,β-unsaturated/α-hetero) is 1. The summed E-state index contributed by atoms with van der Waals surface area (Å²) in [4.78, 5) is 15.2. The Morgan fingerprint density at radius 1 is 1.10 bits per heavy atom. The number of methoxy groups -OCH3 is 1. The summed E-state index contributed by atoms with van der Waals surface area (Å²) in [6.07, 6.45) is 1.71. The van der Waals surface area contributed by atoms with E-state index in [2.05, 4.69) is 10.00 Å². The lowest BCUT2D eigenvalue weighted by Crippen LogP contribution is -2.36. The van der Waals surface area contributed by atoms with Gasteiger partial charge in [-0.2, -0.15) is 5.10 Å². The number of carbonyl (C=O) groups excluding carboxylic acids is 1. The molecule has 0 N–H and O–H groups in total. The number of halogens is 1. The van der Waals surface area contributed by atoms with Gasteiger partial charge in [-0.25, -0.2) is 4.68 Å². The lowest BCUT2D eigenvalue weighted by Gasteiger charge is -2.31. The van der Waals surface area contributed by atoms with Crippen LogP contribution in [-0.4, -0.2) is 40.7 Å². The van der Waals surface area contributed by atoms with Crippen LogP contribution in [0.15, 0.2) is 54.6 Å². The fourth-order valence-electron chi connectivity index (χ4n) is 4.02. The summed E-state index contributed by atoms with van der Waals surface area (Å²) in [5, 5.41) is 5.30. The zero-order chi connectivity index (χ0) is 21.1. The van der Waals surface area contributed by atoms with Gasteiger partial charge in [0.25, 0.3) is 0 Å². The predicted octanol–water partition coefficient (Wildman–Crippen LogP) is 4.94. The molecule has 2 aromatic carbocycles. The molecule has 0 amide bonds. The van der Waals surface area contributed by atoms with Crippen molar-refractivity contribution in [1.82, 2.24) is 14.7 Å². The normalized spacial score (nSPS) is 15.3. The van der Waals surface area contributed by atoms with E-state index >= 15 is 0 Å². The molecule has 0 bridgehead atoms. The van der Waals surface area contributed by atoms with Gasteiger partial charge in [0.1, 0.15) is 10.9 Å². The molecule has 4 rings (SSSR count). The van der Waals surface area contributed by atoms with Gasteiger partial charge < -0.3 is 4.74 Å². The Labute approximate surface area is 182 Å². The van der Waals surface area contributed by atoms with Crippen LogP contribution in [0.5, 0.6) is 5.75 Å². The van der Waals surface area contributed by atoms with Crippen molar-refractivity contribution in [3.8, 4) is 11.4 Å². The van der Waals surface area contributed by atoms with E-state index in [1.54, 1.807) is 11.8 Å². The van der Waals surface area contributed by atoms with Gasteiger partial charge in [0.05, 0.1) is 18.5 Å². The number of ether oxygens (including phenoxy) is 1. The fraction of sp³-hybridized carbons (Fsp3) is 0.333. The minimum atomic E-state index is 0.0678. The Balaban J connectivity index is 1.39. The van der Waals surface area contributed by atoms with E-state index in [1.807, 2.05) is 61.5 Å². The molecular formula is C24H26ClN3O2. The summed E-state index contributed by atoms with van der Waals surface area (Å²) < 4.78 is 6.98. The topological polar surface area (TPSA) is 47.4 Å². The van der Waals surface area contributed by atoms with Gasteiger partial charge in [-0.15, -0.1) is 0 Å². The molecule has 0 unspecified atom stereocenters. The number of ketones is 1. The Morgan fingerprint density at radius 2 is 1.77 bits per heavy atom. The van der Waals surface area contributed by atoms with Crippen LogP contribution < -0.4 is 4.74 Å². The van der Waals surface area contributed by atoms with Crippen molar-refractivity contribution in [2.45, 2.75) is 26.3 Å². The summed E-state index contributed by atoms with van der Waals surface area (Å²) >= 11 is 6.68. The van der Waals surface area contributed by atoms with E-state index < -0.39 is 0 Å². The highest BCUT2D eigenvalue weighted by atomic mass is 35.5. The van der Waals surface area contributed by atoms with Crippen molar-refractivity contribution < 1.29 is 9.53 Å². The van der Waals surface area contributed by atoms with E-state index in [4.69, 9.17) is 16.3 Å². The van der Waals surface area contributed by atoms with Gasteiger partial charge >= 0.3 is 0 Å². The molecule has 2 heterocycles. The Hall–Kier alpha value is -2.63. The summed E-state index contributed by atoms with van der Waals surface area (Å²) in [6, 6.07) is 17.3. The molecule has 5 nitrogen and oxygen atoms in total. The van der Waals surface area contributed by atoms with Gasteiger partial charge in [0.2, 0.25) is 0 Å². The predicted molar refractivity (Wildman–Crippen MR) is 119 cm³/mol. The summed E-state index contributed by atoms with van der Waals surface area (Å²) in [7, 11) is 1.63. The van der Waals surface area contributed by atoms with Gasteiger partial charge in [0, 0.05) is 23.6 Å². The largest absolute Gasteiger partial charge is 0.497 e. The Bertz CT molecular complexity index is 1010. The molecular weight excluding hydrogens is 398 g/mol. The first-order valence-corrected chi connectivity index (χ1v) is 10.6. The highest BCUT2D eigenvalue weighted by Crippen LogP contribution is 2.28. The van der Waals surface area contributed by atoms with Crippen molar-refractivity contribution in [3.63, 3.8) is 0 Å². The first-order chi connectivity index (χ1) is 14.6. The smallest absolute Gasteiger partial charge is 0.166 e. The third-order valence-corrected chi connectivity index (χ3v) is 6.23. The standard InChI is InChI=1S/C24H26ClN3O2/c1-17-22(24(25)28(26-17)20-6-4-3-5-7-20)16-27-14-12-19(13-15-27)23(29)18-8-10-21(30-2)11-9-18/h3-11,19H,12-16H2,1-2H3. The van der Waals surface area contributed by atoms with E-state index in [0.29, 0.717) is 5.15 Å². The van der Waals surface area contributed by atoms with E-state index in [1.165, 1.54) is 0 Å². The van der Waals surface area contributed by atoms with Gasteiger partial charge in [-0.1, -0.05) is 29.8 Å². The number of rotatable bonds is 6. The molecule has 6 heteroatoms. The number of hydrogen-bond acceptors (Lipinski definition) is 4. The quantitative estimate of drug-likeness (QED) is 0.527. The van der Waals surface area contributed by atoms with Crippen LogP contribution in [0.3, 0.4) is 0 Å². The monoisotopic (exact) mass is 423 g/mol. The van der Waals surface area contributed by atoms with Crippen molar-refractivity contribution in [1.29, 1.82) is 0 Å². The van der Waals surface area contributed by atoms with Gasteiger partial charge in [-0.3, -0.25) is 9.69 Å². The molecule has 1 aromatic heterocycles. The Kier molecular flexibility index (Phi) is 6.21. The third-order valence-electron chi connectivity index (χ3n) is 5.84. The van der Waals surface area contributed by atoms with Crippen molar-refractivity contribution in [3.05, 3.63) is 76.6 Å². The number of aryl methyl sites for hydroxylation is 1. The number of hydrogen-bond donors (Lipinski definition) is 0. The van der Waals surface area contributed by atoms with E-state index in [-0.39, 0.29) is 11.7 Å². The average molecular weight is 424 g/mol. The number of likely N-dealkylation sites (tertiary alicyclic amines) is 1. The van der Waals surface area contributed by atoms with Crippen molar-refractivity contribution in [2.24, 2.45) is 5.92 Å². The molecule has 0 aliphatic carbocycles. The molecule has 1 fully saturated rings. The van der Waals surface area contributed by atoms with Crippen molar-refractivity contribution in [2.75, 3.05) is 20.2 Å². The van der Waals surface area contributed by atoms with Crippen LogP contribution in [0.1, 0.15) is 34.5 Å². The molecule has 1 saturated heterocycles. The average Bonchev–Trinajstić information content (AvgIpc) is 3.08. The lowest BCUT2D eigenvalue weighted by molar-refractivity contribution is 0.0834. The van der Waals surface area contributed by atoms with Crippen molar-refractivity contribution >= 4 is 17.4 Å². The number of aromatic nitrogens is 2. The van der Waals surface area contributed by atoms with Gasteiger partial charge in [0.15, 0.2) is 5.78 Å². The maximum Gasteiger partial charge on any atom is 0.166 e. The molecule has 0 saturated carbocycles. The van der Waals surface area contributed by atoms with Crippen LogP contribution in [-0.2, 0) is 6.54 Å². The van der Waals surface area contributed by atoms with Crippen LogP contribution in [0, 0.1) is 12.8 Å². The number of benzene rings is 2. The van der Waals surface area contributed by atoms with Crippen LogP contribution in [0.4, 0.5) is 0 Å². The number of piperidine rings is 1. The molecule has 0 spiro atoms. The molecule has 1 aliphatic heterocycles. The molecule has 0 atom stereocenters. The van der Waals surface area contributed by atoms with Gasteiger partial charge in [-0.05, 0) is 69.3 Å². The van der Waals surface area contributed by atoms with Crippen LogP contribution in [0.25, 0.3) is 5.69 Å². The second kappa shape index (κ2) is 9.02. The third kappa shape index (κ3) is 4.27. The maximum atomic E-state index is 12.8. The maximum absolute atomic E-state index is 12.8. The molecule has 1 aliphatic rings. The number of carbonyl (C=O) groups is 1. The highest BCUT2D eigenvalue weighted by Gasteiger charge is 2.27. The fourth-order valence-corrected chi connectivity index (χ4v) is 4.35. The summed E-state index contributed by atoms with van der Waals surface area (Å²) in [5.41, 5.74) is 3.72. The first-order valence-electron chi connectivity index (χ1n) is 10.3. The summed E-state index contributed by atoms with van der Waals surface area (Å²) in [6.45, 7) is 4.50. The minimum absolute atomic E-state index is 0.0678. The number of nitrogens with zero attached hydrogens (tertiary/aromatic N) is 3. The number of para-hydroxylation sites is 1. The Morgan fingerprint density at radius 3 is 2.40 bits per heavy atom. The zero-order valence-corrected chi connectivity index (χ0v) is 18.1. The lowest BCUT2D eigenvalue weighted by atomic mass is 9.88. The van der Waals surface area contributed by atoms with E-state index in [0.717, 1.165) is 60.7 Å². The highest BCUT2D eigenvalue weighted by molar-refractivity contribution is 6.30. The second-order valence-electron chi connectivity index (χ2n) is 7.75. The van der Waals surface area contributed by atoms with Crippen LogP contribution in [0.2, 0.25) is 5.15 Å². The van der Waals surface area contributed by atoms with E-state index in [9.17, 15) is 4.79 Å². The molecule has 30 heavy (non-hydrogen) atoms. The molecule has 0 radical (unpaired) electrons. The van der Waals surface area contributed by atoms with Crippen LogP contribution >= 0.6 is 11.6 Å². The first kappa shape index (κ1) is 20.6. The molecule has 156 valence electrons. The second-order valence-corrected chi connectivity index (χ2v) is 8.10. The minimum Gasteiger partial charge on any atom is -0.497 e. The summed E-state index contributed by atoms with van der Waals surface area (Å²) in [5.74, 6) is 1.06. The molecule has 3 aromatic rings.